The quantitative estimate of drug-likeness (QED) is 0.207. The van der Waals surface area contributed by atoms with E-state index in [1.807, 2.05) is 4.98 Å². The van der Waals surface area contributed by atoms with Gasteiger partial charge in [0.2, 0.25) is 0 Å². The second-order valence-corrected chi connectivity index (χ2v) is 11.0. The van der Waals surface area contributed by atoms with Crippen molar-refractivity contribution in [3.63, 3.8) is 0 Å². The number of rotatable bonds is 9. The van der Waals surface area contributed by atoms with Gasteiger partial charge in [0.05, 0.1) is 12.7 Å². The Balaban J connectivity index is 2.25. The molecule has 0 saturated carbocycles. The molecule has 1 aliphatic rings. The summed E-state index contributed by atoms with van der Waals surface area (Å²) in [5.41, 5.74) is -3.89. The molecule has 1 fully saturated rings. The van der Waals surface area contributed by atoms with Crippen molar-refractivity contribution in [3.8, 4) is 0 Å². The fourth-order valence-electron chi connectivity index (χ4n) is 2.75. The fraction of sp³-hybridized carbons (Fsp3) is 0.583. The number of Topliss-reactive ketones (excluding diaryl/α,β-unsaturated/α-hetero) is 1. The van der Waals surface area contributed by atoms with Gasteiger partial charge in [0, 0.05) is 18.2 Å². The lowest BCUT2D eigenvalue weighted by molar-refractivity contribution is -0.161. The third-order valence-electron chi connectivity index (χ3n) is 4.22. The molecule has 5 atom stereocenters. The molecule has 1 aliphatic heterocycles. The molecule has 0 spiro atoms. The minimum Gasteiger partial charge on any atom is -0.389 e. The van der Waals surface area contributed by atoms with E-state index < -0.39 is 71.5 Å². The molecule has 0 radical (unpaired) electrons. The third kappa shape index (κ3) is 6.38. The number of ether oxygens (including phenoxy) is 1. The van der Waals surface area contributed by atoms with E-state index in [0.29, 0.717) is 0 Å². The summed E-state index contributed by atoms with van der Waals surface area (Å²) in [6.07, 6.45) is -2.38. The smallest absolute Gasteiger partial charge is 0.389 e. The molecule has 0 aromatic carbocycles. The van der Waals surface area contributed by atoms with Crippen LogP contribution < -0.4 is 11.2 Å². The summed E-state index contributed by atoms with van der Waals surface area (Å²) in [7, 11) is -17.0. The van der Waals surface area contributed by atoms with Gasteiger partial charge < -0.3 is 29.4 Å². The SMILES string of the molecule is CC(=O)[C@]1(COP(=O)(O)OP(=O)(O)OP(=O)(O)O)O[C@@H](n2cc(C)c(=O)[nH]c2=O)C[C@@H]1O. The van der Waals surface area contributed by atoms with Gasteiger partial charge in [0.1, 0.15) is 6.23 Å². The number of aromatic amines is 1. The molecule has 2 heterocycles. The summed E-state index contributed by atoms with van der Waals surface area (Å²) in [4.78, 5) is 73.5. The zero-order chi connectivity index (χ0) is 24.7. The average molecular weight is 524 g/mol. The molecule has 1 aromatic rings. The number of ketones is 1. The van der Waals surface area contributed by atoms with Crippen LogP contribution in [0.25, 0.3) is 0 Å². The number of aliphatic hydroxyl groups excluding tert-OH is 1. The largest absolute Gasteiger partial charge is 0.490 e. The van der Waals surface area contributed by atoms with Crippen LogP contribution in [0.2, 0.25) is 0 Å². The lowest BCUT2D eigenvalue weighted by Crippen LogP contribution is -2.50. The topological polar surface area (TPSA) is 261 Å². The highest BCUT2D eigenvalue weighted by Crippen LogP contribution is 2.66. The summed E-state index contributed by atoms with van der Waals surface area (Å²) in [5, 5.41) is 10.4. The van der Waals surface area contributed by atoms with Crippen LogP contribution in [0.15, 0.2) is 15.8 Å². The fourth-order valence-corrected chi connectivity index (χ4v) is 5.80. The Labute approximate surface area is 178 Å². The van der Waals surface area contributed by atoms with Crippen molar-refractivity contribution in [1.29, 1.82) is 0 Å². The first-order valence-electron chi connectivity index (χ1n) is 8.35. The molecule has 6 N–H and O–H groups in total. The van der Waals surface area contributed by atoms with Gasteiger partial charge in [-0.3, -0.25) is 23.7 Å². The van der Waals surface area contributed by atoms with E-state index in [0.717, 1.165) is 17.7 Å². The highest BCUT2D eigenvalue weighted by molar-refractivity contribution is 7.66. The minimum absolute atomic E-state index is 0.0938. The van der Waals surface area contributed by atoms with Gasteiger partial charge in [-0.25, -0.2) is 18.5 Å². The van der Waals surface area contributed by atoms with Crippen molar-refractivity contribution in [2.45, 2.75) is 38.2 Å². The first-order chi connectivity index (χ1) is 14.4. The van der Waals surface area contributed by atoms with Crippen molar-refractivity contribution >= 4 is 29.3 Å². The number of H-pyrrole nitrogens is 1. The van der Waals surface area contributed by atoms with E-state index in [1.165, 1.54) is 6.92 Å². The molecule has 20 heteroatoms. The predicted octanol–water partition coefficient (Wildman–Crippen LogP) is -1.20. The minimum atomic E-state index is -5.80. The monoisotopic (exact) mass is 524 g/mol. The van der Waals surface area contributed by atoms with Crippen molar-refractivity contribution in [2.24, 2.45) is 0 Å². The summed E-state index contributed by atoms with van der Waals surface area (Å²) in [5.74, 6) is -0.944. The van der Waals surface area contributed by atoms with E-state index in [9.17, 15) is 38.1 Å². The van der Waals surface area contributed by atoms with Crippen LogP contribution in [0, 0.1) is 6.92 Å². The molecular formula is C12H19N2O15P3. The molecule has 182 valence electrons. The van der Waals surface area contributed by atoms with Crippen LogP contribution in [-0.4, -0.2) is 58.3 Å². The number of phosphoric acid groups is 3. The van der Waals surface area contributed by atoms with E-state index in [1.54, 1.807) is 0 Å². The number of nitrogens with zero attached hydrogens (tertiary/aromatic N) is 1. The van der Waals surface area contributed by atoms with Gasteiger partial charge in [-0.15, -0.1) is 0 Å². The van der Waals surface area contributed by atoms with Crippen molar-refractivity contribution in [1.82, 2.24) is 9.55 Å². The maximum Gasteiger partial charge on any atom is 0.490 e. The third-order valence-corrected chi connectivity index (χ3v) is 8.00. The average Bonchev–Trinajstić information content (AvgIpc) is 2.91. The van der Waals surface area contributed by atoms with Crippen LogP contribution in [-0.2, 0) is 36.4 Å². The predicted molar refractivity (Wildman–Crippen MR) is 100 cm³/mol. The number of nitrogens with one attached hydrogen (secondary N) is 1. The van der Waals surface area contributed by atoms with Crippen LogP contribution in [0.1, 0.15) is 25.1 Å². The number of carbonyl (C=O) groups is 1. The van der Waals surface area contributed by atoms with E-state index in [4.69, 9.17) is 19.4 Å². The van der Waals surface area contributed by atoms with Crippen LogP contribution >= 0.6 is 23.5 Å². The van der Waals surface area contributed by atoms with Crippen LogP contribution in [0.5, 0.6) is 0 Å². The number of aromatic nitrogens is 2. The number of hydrogen-bond donors (Lipinski definition) is 6. The summed E-state index contributed by atoms with van der Waals surface area (Å²) >= 11 is 0. The van der Waals surface area contributed by atoms with E-state index in [-0.39, 0.29) is 5.56 Å². The molecule has 0 amide bonds. The molecule has 1 aromatic heterocycles. The molecule has 32 heavy (non-hydrogen) atoms. The van der Waals surface area contributed by atoms with Gasteiger partial charge >= 0.3 is 29.2 Å². The number of carbonyl (C=O) groups excluding carboxylic acids is 1. The van der Waals surface area contributed by atoms with Crippen molar-refractivity contribution in [3.05, 3.63) is 32.6 Å². The summed E-state index contributed by atoms with van der Waals surface area (Å²) in [6, 6.07) is 0. The number of phosphoric ester groups is 1. The van der Waals surface area contributed by atoms with E-state index in [2.05, 4.69) is 13.1 Å². The van der Waals surface area contributed by atoms with Gasteiger partial charge in [-0.1, -0.05) is 0 Å². The molecule has 0 bridgehead atoms. The number of aliphatic hydroxyl groups is 1. The van der Waals surface area contributed by atoms with Crippen molar-refractivity contribution < 1.29 is 61.1 Å². The molecule has 2 rings (SSSR count). The molecular weight excluding hydrogens is 505 g/mol. The lowest BCUT2D eigenvalue weighted by atomic mass is 9.93. The van der Waals surface area contributed by atoms with Gasteiger partial charge in [0.15, 0.2) is 11.4 Å². The first kappa shape index (κ1) is 26.9. The Hall–Kier alpha value is -1.32. The summed E-state index contributed by atoms with van der Waals surface area (Å²) in [6.45, 7) is 1.03. The standard InChI is InChI=1S/C12H19N2O15P3/c1-6-4-14(11(18)13-10(6)17)9-3-8(16)12(27-9,7(2)15)5-26-31(22,23)29-32(24,25)28-30(19,20)21/h4,8-9,16H,3,5H2,1-2H3,(H,22,23)(H,24,25)(H,13,17,18)(H2,19,20,21)/t8-,9+,12-/m0/s1. The molecule has 2 unspecified atom stereocenters. The molecule has 0 aliphatic carbocycles. The van der Waals surface area contributed by atoms with Gasteiger partial charge in [-0.05, 0) is 13.8 Å². The molecule has 1 saturated heterocycles. The Morgan fingerprint density at radius 2 is 1.81 bits per heavy atom. The Kier molecular flexibility index (Phi) is 7.69. The number of aryl methyl sites for hydroxylation is 1. The zero-order valence-corrected chi connectivity index (χ0v) is 18.9. The van der Waals surface area contributed by atoms with E-state index >= 15 is 0 Å². The Bertz CT molecular complexity index is 1150. The molecule has 17 nitrogen and oxygen atoms in total. The maximum atomic E-state index is 12.2. The lowest BCUT2D eigenvalue weighted by Gasteiger charge is -2.29. The highest BCUT2D eigenvalue weighted by Gasteiger charge is 2.54. The van der Waals surface area contributed by atoms with Gasteiger partial charge in [-0.2, -0.15) is 8.62 Å². The van der Waals surface area contributed by atoms with Gasteiger partial charge in [0.25, 0.3) is 5.56 Å². The van der Waals surface area contributed by atoms with Crippen molar-refractivity contribution in [2.75, 3.05) is 6.61 Å². The second kappa shape index (κ2) is 9.14. The first-order valence-corrected chi connectivity index (χ1v) is 12.9. The maximum absolute atomic E-state index is 12.2. The summed E-state index contributed by atoms with van der Waals surface area (Å²) < 4.78 is 51.8. The van der Waals surface area contributed by atoms with Crippen LogP contribution in [0.4, 0.5) is 0 Å². The Morgan fingerprint density at radius 3 is 2.34 bits per heavy atom. The van der Waals surface area contributed by atoms with Crippen LogP contribution in [0.3, 0.4) is 0 Å². The normalized spacial score (nSPS) is 27.6. The zero-order valence-electron chi connectivity index (χ0n) is 16.3. The second-order valence-electron chi connectivity index (χ2n) is 6.61. The highest BCUT2D eigenvalue weighted by atomic mass is 31.3. The Morgan fingerprint density at radius 1 is 1.22 bits per heavy atom. The number of hydrogen-bond acceptors (Lipinski definition) is 11.